The molecule has 0 saturated carbocycles. The number of hydrogen-bond donors (Lipinski definition) is 2. The Morgan fingerprint density at radius 2 is 2.00 bits per heavy atom. The molecule has 5 nitrogen and oxygen atoms in total. The summed E-state index contributed by atoms with van der Waals surface area (Å²) in [6, 6.07) is 8.62. The highest BCUT2D eigenvalue weighted by atomic mass is 127. The van der Waals surface area contributed by atoms with Crippen LogP contribution in [-0.4, -0.2) is 28.1 Å². The smallest absolute Gasteiger partial charge is 0.191 e. The van der Waals surface area contributed by atoms with Crippen LogP contribution in [0.1, 0.15) is 52.3 Å². The van der Waals surface area contributed by atoms with E-state index in [0.717, 1.165) is 29.4 Å². The molecule has 1 unspecified atom stereocenters. The number of aryl methyl sites for hydroxylation is 1. The molecule has 2 aromatic rings. The Morgan fingerprint density at radius 3 is 2.68 bits per heavy atom. The Labute approximate surface area is 168 Å². The largest absolute Gasteiger partial charge is 0.357 e. The summed E-state index contributed by atoms with van der Waals surface area (Å²) in [5.41, 5.74) is 2.17. The lowest BCUT2D eigenvalue weighted by Gasteiger charge is -2.17. The van der Waals surface area contributed by atoms with Gasteiger partial charge in [0.25, 0.3) is 0 Å². The van der Waals surface area contributed by atoms with E-state index in [1.165, 1.54) is 25.7 Å². The molecule has 2 N–H and O–H groups in total. The summed E-state index contributed by atoms with van der Waals surface area (Å²) >= 11 is 0. The van der Waals surface area contributed by atoms with E-state index in [1.807, 2.05) is 25.2 Å². The van der Waals surface area contributed by atoms with E-state index < -0.39 is 0 Å². The second kappa shape index (κ2) is 11.3. The highest BCUT2D eigenvalue weighted by Gasteiger charge is 2.08. The minimum atomic E-state index is 0. The number of guanidine groups is 1. The van der Waals surface area contributed by atoms with Gasteiger partial charge in [-0.25, -0.2) is 9.98 Å². The Balaban J connectivity index is 0.00000312. The van der Waals surface area contributed by atoms with Crippen molar-refractivity contribution < 1.29 is 0 Å². The highest BCUT2D eigenvalue weighted by molar-refractivity contribution is 14.0. The molecule has 140 valence electrons. The van der Waals surface area contributed by atoms with Crippen molar-refractivity contribution in [2.45, 2.75) is 59.0 Å². The van der Waals surface area contributed by atoms with Crippen molar-refractivity contribution in [1.82, 2.24) is 20.2 Å². The number of hydrogen-bond acceptors (Lipinski definition) is 2. The third-order valence-corrected chi connectivity index (χ3v) is 4.23. The number of para-hydroxylation sites is 2. The quantitative estimate of drug-likeness (QED) is 0.270. The third-order valence-electron chi connectivity index (χ3n) is 4.23. The Morgan fingerprint density at radius 1 is 1.24 bits per heavy atom. The van der Waals surface area contributed by atoms with Crippen LogP contribution in [0, 0.1) is 0 Å². The maximum atomic E-state index is 4.72. The second-order valence-corrected chi connectivity index (χ2v) is 6.31. The molecule has 1 aromatic carbocycles. The molecule has 0 saturated heterocycles. The van der Waals surface area contributed by atoms with Gasteiger partial charge in [-0.2, -0.15) is 0 Å². The van der Waals surface area contributed by atoms with Crippen molar-refractivity contribution in [3.8, 4) is 0 Å². The zero-order valence-electron chi connectivity index (χ0n) is 15.9. The lowest BCUT2D eigenvalue weighted by Crippen LogP contribution is -2.42. The summed E-state index contributed by atoms with van der Waals surface area (Å²) in [6.07, 6.45) is 4.98. The van der Waals surface area contributed by atoms with Crippen molar-refractivity contribution in [2.75, 3.05) is 6.54 Å². The number of halogens is 1. The minimum Gasteiger partial charge on any atom is -0.357 e. The van der Waals surface area contributed by atoms with Gasteiger partial charge in [-0.1, -0.05) is 38.3 Å². The van der Waals surface area contributed by atoms with Gasteiger partial charge in [-0.15, -0.1) is 24.0 Å². The summed E-state index contributed by atoms with van der Waals surface area (Å²) in [7, 11) is 2.05. The molecule has 0 aliphatic heterocycles. The molecular formula is C19H32IN5. The first-order valence-electron chi connectivity index (χ1n) is 9.10. The van der Waals surface area contributed by atoms with Crippen LogP contribution in [0.25, 0.3) is 11.0 Å². The van der Waals surface area contributed by atoms with Crippen molar-refractivity contribution in [3.05, 3.63) is 30.1 Å². The Hall–Kier alpha value is -1.31. The van der Waals surface area contributed by atoms with E-state index in [1.54, 1.807) is 0 Å². The van der Waals surface area contributed by atoms with Crippen LogP contribution in [0.3, 0.4) is 0 Å². The number of imidazole rings is 1. The summed E-state index contributed by atoms with van der Waals surface area (Å²) in [5, 5.41) is 6.83. The van der Waals surface area contributed by atoms with Gasteiger partial charge < -0.3 is 15.2 Å². The lowest BCUT2D eigenvalue weighted by atomic mass is 10.1. The van der Waals surface area contributed by atoms with Crippen LogP contribution < -0.4 is 10.6 Å². The SMILES string of the molecule is CCCCCC(C)NC(=NCc1nc2ccccc2n1C)NCC.I. The molecule has 25 heavy (non-hydrogen) atoms. The number of benzene rings is 1. The molecule has 0 amide bonds. The fourth-order valence-corrected chi connectivity index (χ4v) is 2.81. The summed E-state index contributed by atoms with van der Waals surface area (Å²) < 4.78 is 2.12. The van der Waals surface area contributed by atoms with E-state index >= 15 is 0 Å². The molecule has 0 aliphatic rings. The van der Waals surface area contributed by atoms with Gasteiger partial charge in [0.2, 0.25) is 0 Å². The van der Waals surface area contributed by atoms with Crippen LogP contribution in [0.2, 0.25) is 0 Å². The van der Waals surface area contributed by atoms with Crippen LogP contribution in [0.4, 0.5) is 0 Å². The number of aliphatic imine (C=N–C) groups is 1. The van der Waals surface area contributed by atoms with Crippen LogP contribution in [0.5, 0.6) is 0 Å². The molecule has 1 aromatic heterocycles. The molecule has 0 radical (unpaired) electrons. The van der Waals surface area contributed by atoms with Gasteiger partial charge in [-0.05, 0) is 32.4 Å². The van der Waals surface area contributed by atoms with E-state index in [9.17, 15) is 0 Å². The van der Waals surface area contributed by atoms with Gasteiger partial charge in [0.15, 0.2) is 5.96 Å². The van der Waals surface area contributed by atoms with E-state index in [2.05, 4.69) is 47.0 Å². The second-order valence-electron chi connectivity index (χ2n) is 6.31. The molecule has 0 fully saturated rings. The lowest BCUT2D eigenvalue weighted by molar-refractivity contribution is 0.546. The van der Waals surface area contributed by atoms with E-state index in [0.29, 0.717) is 12.6 Å². The average molecular weight is 457 g/mol. The predicted molar refractivity (Wildman–Crippen MR) is 118 cm³/mol. The molecule has 1 heterocycles. The molecular weight excluding hydrogens is 425 g/mol. The zero-order valence-corrected chi connectivity index (χ0v) is 18.2. The predicted octanol–water partition coefficient (Wildman–Crippen LogP) is 4.22. The number of unbranched alkanes of at least 4 members (excludes halogenated alkanes) is 2. The van der Waals surface area contributed by atoms with Crippen molar-refractivity contribution in [1.29, 1.82) is 0 Å². The van der Waals surface area contributed by atoms with Crippen molar-refractivity contribution in [3.63, 3.8) is 0 Å². The average Bonchev–Trinajstić information content (AvgIpc) is 2.90. The fourth-order valence-electron chi connectivity index (χ4n) is 2.81. The third kappa shape index (κ3) is 6.49. The summed E-state index contributed by atoms with van der Waals surface area (Å²) in [6.45, 7) is 7.98. The standard InChI is InChI=1S/C19H31N5.HI/c1-5-7-8-11-15(3)22-19(20-6-2)21-14-18-23-16-12-9-10-13-17(16)24(18)4;/h9-10,12-13,15H,5-8,11,14H2,1-4H3,(H2,20,21,22);1H. The normalized spacial score (nSPS) is 12.7. The molecule has 6 heteroatoms. The number of aromatic nitrogens is 2. The molecule has 2 rings (SSSR count). The van der Waals surface area contributed by atoms with Crippen molar-refractivity contribution in [2.24, 2.45) is 12.0 Å². The van der Waals surface area contributed by atoms with Gasteiger partial charge in [0.1, 0.15) is 12.4 Å². The van der Waals surface area contributed by atoms with Gasteiger partial charge in [-0.3, -0.25) is 0 Å². The number of nitrogens with one attached hydrogen (secondary N) is 2. The van der Waals surface area contributed by atoms with Gasteiger partial charge >= 0.3 is 0 Å². The van der Waals surface area contributed by atoms with Crippen molar-refractivity contribution >= 4 is 41.0 Å². The molecule has 1 atom stereocenters. The Kier molecular flexibility index (Phi) is 9.85. The van der Waals surface area contributed by atoms with E-state index in [-0.39, 0.29) is 24.0 Å². The molecule has 0 aliphatic carbocycles. The maximum absolute atomic E-state index is 4.72. The molecule has 0 spiro atoms. The monoisotopic (exact) mass is 457 g/mol. The molecule has 0 bridgehead atoms. The maximum Gasteiger partial charge on any atom is 0.191 e. The first-order valence-corrected chi connectivity index (χ1v) is 9.10. The summed E-state index contributed by atoms with van der Waals surface area (Å²) in [5.74, 6) is 1.85. The van der Waals surface area contributed by atoms with Gasteiger partial charge in [0, 0.05) is 19.6 Å². The van der Waals surface area contributed by atoms with Crippen LogP contribution in [0.15, 0.2) is 29.3 Å². The number of rotatable bonds is 8. The minimum absolute atomic E-state index is 0. The van der Waals surface area contributed by atoms with Crippen LogP contribution in [-0.2, 0) is 13.6 Å². The van der Waals surface area contributed by atoms with Crippen LogP contribution >= 0.6 is 24.0 Å². The Bertz CT molecular complexity index is 665. The first-order chi connectivity index (χ1) is 11.7. The zero-order chi connectivity index (χ0) is 17.4. The number of fused-ring (bicyclic) bond motifs is 1. The highest BCUT2D eigenvalue weighted by Crippen LogP contribution is 2.14. The van der Waals surface area contributed by atoms with E-state index in [4.69, 9.17) is 4.99 Å². The summed E-state index contributed by atoms with van der Waals surface area (Å²) in [4.78, 5) is 9.40. The number of nitrogens with zero attached hydrogens (tertiary/aromatic N) is 3. The topological polar surface area (TPSA) is 54.2 Å². The van der Waals surface area contributed by atoms with Gasteiger partial charge in [0.05, 0.1) is 11.0 Å². The first kappa shape index (κ1) is 21.7. The fraction of sp³-hybridized carbons (Fsp3) is 0.579.